The van der Waals surface area contributed by atoms with Crippen LogP contribution in [0.2, 0.25) is 0 Å². The third-order valence-electron chi connectivity index (χ3n) is 3.48. The first kappa shape index (κ1) is 20.8. The number of alkyl halides is 3. The van der Waals surface area contributed by atoms with Crippen molar-refractivity contribution in [3.05, 3.63) is 40.4 Å². The number of halogens is 3. The minimum absolute atomic E-state index is 0.0409. The summed E-state index contributed by atoms with van der Waals surface area (Å²) in [6.07, 6.45) is -1.36. The van der Waals surface area contributed by atoms with E-state index in [0.29, 0.717) is 10.6 Å². The lowest BCUT2D eigenvalue weighted by atomic mass is 10.2. The van der Waals surface area contributed by atoms with Gasteiger partial charge in [-0.25, -0.2) is 4.99 Å². The summed E-state index contributed by atoms with van der Waals surface area (Å²) in [4.78, 5) is 16.0. The lowest BCUT2D eigenvalue weighted by Crippen LogP contribution is -2.59. The first-order chi connectivity index (χ1) is 12.7. The van der Waals surface area contributed by atoms with E-state index in [-0.39, 0.29) is 18.8 Å². The Hall–Kier alpha value is -2.55. The number of nitrogens with one attached hydrogen (secondary N) is 3. The number of hydrogen-bond acceptors (Lipinski definition) is 7. The molecular formula is C16H17F3N6OS. The van der Waals surface area contributed by atoms with Crippen LogP contribution >= 0.6 is 11.8 Å². The molecule has 2 rings (SSSR count). The fourth-order valence-corrected chi connectivity index (χ4v) is 2.81. The Morgan fingerprint density at radius 1 is 1.48 bits per heavy atom. The summed E-state index contributed by atoms with van der Waals surface area (Å²) in [7, 11) is 0. The quantitative estimate of drug-likeness (QED) is 0.579. The van der Waals surface area contributed by atoms with Crippen molar-refractivity contribution in [2.24, 2.45) is 10.7 Å². The zero-order chi connectivity index (χ0) is 20.1. The van der Waals surface area contributed by atoms with Gasteiger partial charge in [0, 0.05) is 11.9 Å². The van der Waals surface area contributed by atoms with Crippen LogP contribution in [0.5, 0.6) is 0 Å². The largest absolute Gasteiger partial charge is 0.416 e. The van der Waals surface area contributed by atoms with Gasteiger partial charge in [-0.05, 0) is 24.5 Å². The van der Waals surface area contributed by atoms with E-state index < -0.39 is 23.4 Å². The van der Waals surface area contributed by atoms with Gasteiger partial charge in [0.05, 0.1) is 29.3 Å². The SMILES string of the molecule is CSC1=C(C#N)C=NC(N)(CNCC(=O)Nc2cccc(C(F)(F)F)c2)N1. The Kier molecular flexibility index (Phi) is 6.48. The molecule has 144 valence electrons. The number of carbonyl (C=O) groups excluding carboxylic acids is 1. The van der Waals surface area contributed by atoms with Crippen LogP contribution in [0.3, 0.4) is 0 Å². The van der Waals surface area contributed by atoms with Gasteiger partial charge in [-0.2, -0.15) is 18.4 Å². The van der Waals surface area contributed by atoms with Gasteiger partial charge in [0.2, 0.25) is 5.91 Å². The van der Waals surface area contributed by atoms with Crippen molar-refractivity contribution in [2.45, 2.75) is 12.0 Å². The molecule has 7 nitrogen and oxygen atoms in total. The maximum atomic E-state index is 12.7. The topological polar surface area (TPSA) is 115 Å². The molecule has 27 heavy (non-hydrogen) atoms. The fourth-order valence-electron chi connectivity index (χ4n) is 2.21. The molecule has 11 heteroatoms. The zero-order valence-corrected chi connectivity index (χ0v) is 15.0. The highest BCUT2D eigenvalue weighted by molar-refractivity contribution is 8.02. The van der Waals surface area contributed by atoms with Gasteiger partial charge in [-0.15, -0.1) is 11.8 Å². The second-order valence-electron chi connectivity index (χ2n) is 5.60. The Balaban J connectivity index is 1.88. The highest BCUT2D eigenvalue weighted by atomic mass is 32.2. The molecule has 1 heterocycles. The molecule has 0 saturated carbocycles. The predicted molar refractivity (Wildman–Crippen MR) is 97.6 cm³/mol. The van der Waals surface area contributed by atoms with Crippen molar-refractivity contribution in [3.63, 3.8) is 0 Å². The molecule has 0 saturated heterocycles. The molecule has 0 bridgehead atoms. The summed E-state index contributed by atoms with van der Waals surface area (Å²) in [5.41, 5.74) is 5.61. The lowest BCUT2D eigenvalue weighted by molar-refractivity contribution is -0.137. The third-order valence-corrected chi connectivity index (χ3v) is 4.21. The molecule has 1 aromatic rings. The molecule has 1 amide bonds. The van der Waals surface area contributed by atoms with E-state index in [1.807, 2.05) is 6.07 Å². The van der Waals surface area contributed by atoms with Crippen LogP contribution in [0.25, 0.3) is 0 Å². The van der Waals surface area contributed by atoms with Crippen molar-refractivity contribution < 1.29 is 18.0 Å². The number of allylic oxidation sites excluding steroid dienone is 1. The number of benzene rings is 1. The minimum atomic E-state index is -4.49. The maximum Gasteiger partial charge on any atom is 0.416 e. The molecule has 1 aliphatic heterocycles. The molecule has 1 atom stereocenters. The van der Waals surface area contributed by atoms with Crippen molar-refractivity contribution in [1.82, 2.24) is 10.6 Å². The number of hydrogen-bond donors (Lipinski definition) is 4. The molecule has 1 aliphatic rings. The molecule has 5 N–H and O–H groups in total. The summed E-state index contributed by atoms with van der Waals surface area (Å²) in [6, 6.07) is 6.34. The number of amides is 1. The van der Waals surface area contributed by atoms with Gasteiger partial charge in [0.15, 0.2) is 5.79 Å². The predicted octanol–water partition coefficient (Wildman–Crippen LogP) is 1.62. The summed E-state index contributed by atoms with van der Waals surface area (Å²) in [5.74, 6) is -1.77. The Bertz CT molecular complexity index is 817. The van der Waals surface area contributed by atoms with E-state index in [9.17, 15) is 18.0 Å². The van der Waals surface area contributed by atoms with Crippen LogP contribution in [0, 0.1) is 11.3 Å². The number of nitrogens with two attached hydrogens (primary N) is 1. The number of rotatable bonds is 6. The average Bonchev–Trinajstić information content (AvgIpc) is 2.61. The number of carbonyl (C=O) groups is 1. The van der Waals surface area contributed by atoms with Gasteiger partial charge >= 0.3 is 6.18 Å². The number of anilines is 1. The van der Waals surface area contributed by atoms with Gasteiger partial charge in [0.25, 0.3) is 0 Å². The van der Waals surface area contributed by atoms with E-state index in [0.717, 1.165) is 12.1 Å². The second kappa shape index (κ2) is 8.43. The van der Waals surface area contributed by atoms with Gasteiger partial charge < -0.3 is 16.0 Å². The fraction of sp³-hybridized carbons (Fsp3) is 0.312. The Labute approximate surface area is 157 Å². The van der Waals surface area contributed by atoms with Crippen molar-refractivity contribution in [1.29, 1.82) is 5.26 Å². The molecule has 0 spiro atoms. The van der Waals surface area contributed by atoms with Crippen LogP contribution in [0.1, 0.15) is 5.56 Å². The standard InChI is InChI=1S/C16H17F3N6OS/c1-27-14-10(6-20)7-23-15(21,25-14)9-22-8-13(26)24-12-4-2-3-11(5-12)16(17,18)19/h2-5,7,22,25H,8-9,21H2,1H3,(H,24,26). The molecule has 0 radical (unpaired) electrons. The molecule has 0 aliphatic carbocycles. The van der Waals surface area contributed by atoms with E-state index >= 15 is 0 Å². The summed E-state index contributed by atoms with van der Waals surface area (Å²) >= 11 is 1.30. The first-order valence-corrected chi connectivity index (χ1v) is 8.88. The van der Waals surface area contributed by atoms with Crippen LogP contribution < -0.4 is 21.7 Å². The third kappa shape index (κ3) is 5.72. The highest BCUT2D eigenvalue weighted by Crippen LogP contribution is 2.30. The molecule has 0 aromatic heterocycles. The Morgan fingerprint density at radius 3 is 2.85 bits per heavy atom. The number of nitriles is 1. The Morgan fingerprint density at radius 2 is 2.22 bits per heavy atom. The average molecular weight is 398 g/mol. The summed E-state index contributed by atoms with van der Waals surface area (Å²) < 4.78 is 38.1. The summed E-state index contributed by atoms with van der Waals surface area (Å²) in [5, 5.41) is 17.6. The zero-order valence-electron chi connectivity index (χ0n) is 14.2. The van der Waals surface area contributed by atoms with Crippen LogP contribution in [-0.4, -0.2) is 37.3 Å². The molecule has 1 unspecified atom stereocenters. The van der Waals surface area contributed by atoms with Crippen molar-refractivity contribution >= 4 is 29.6 Å². The molecular weight excluding hydrogens is 381 g/mol. The van der Waals surface area contributed by atoms with Crippen molar-refractivity contribution in [3.8, 4) is 6.07 Å². The second-order valence-corrected chi connectivity index (χ2v) is 6.41. The van der Waals surface area contributed by atoms with Gasteiger partial charge in [0.1, 0.15) is 6.07 Å². The minimum Gasteiger partial charge on any atom is -0.342 e. The van der Waals surface area contributed by atoms with E-state index in [1.165, 1.54) is 30.1 Å². The van der Waals surface area contributed by atoms with Crippen LogP contribution in [0.15, 0.2) is 39.9 Å². The van der Waals surface area contributed by atoms with Crippen molar-refractivity contribution in [2.75, 3.05) is 24.7 Å². The van der Waals surface area contributed by atoms with E-state index in [4.69, 9.17) is 11.0 Å². The van der Waals surface area contributed by atoms with Gasteiger partial charge in [-0.1, -0.05) is 6.07 Å². The van der Waals surface area contributed by atoms with Crippen LogP contribution in [0.4, 0.5) is 18.9 Å². The summed E-state index contributed by atoms with van der Waals surface area (Å²) in [6.45, 7) is -0.127. The monoisotopic (exact) mass is 398 g/mol. The number of aliphatic imine (C=N–C) groups is 1. The first-order valence-electron chi connectivity index (χ1n) is 7.65. The highest BCUT2D eigenvalue weighted by Gasteiger charge is 2.31. The lowest BCUT2D eigenvalue weighted by Gasteiger charge is -2.31. The normalized spacial score (nSPS) is 19.4. The number of thioether (sulfide) groups is 1. The van der Waals surface area contributed by atoms with Gasteiger partial charge in [-0.3, -0.25) is 10.5 Å². The van der Waals surface area contributed by atoms with E-state index in [2.05, 4.69) is 20.9 Å². The smallest absolute Gasteiger partial charge is 0.342 e. The van der Waals surface area contributed by atoms with Crippen LogP contribution in [-0.2, 0) is 11.0 Å². The molecule has 0 fully saturated rings. The number of nitrogens with zero attached hydrogens (tertiary/aromatic N) is 2. The maximum absolute atomic E-state index is 12.7. The molecule has 1 aromatic carbocycles. The van der Waals surface area contributed by atoms with E-state index in [1.54, 1.807) is 6.26 Å².